The van der Waals surface area contributed by atoms with Crippen LogP contribution in [0.3, 0.4) is 0 Å². The maximum absolute atomic E-state index is 10.1. The molecule has 2 aliphatic carbocycles. The summed E-state index contributed by atoms with van der Waals surface area (Å²) in [4.78, 5) is 1.01. The summed E-state index contributed by atoms with van der Waals surface area (Å²) in [5, 5.41) is 1.80. The predicted molar refractivity (Wildman–Crippen MR) is 304 cm³/mol. The lowest BCUT2D eigenvalue weighted by Gasteiger charge is -2.34. The number of anilines is 3. The van der Waals surface area contributed by atoms with Crippen molar-refractivity contribution in [1.82, 2.24) is 0 Å². The summed E-state index contributed by atoms with van der Waals surface area (Å²) in [6.45, 7) is 0. The van der Waals surface area contributed by atoms with Crippen molar-refractivity contribution in [2.45, 2.75) is 10.8 Å². The van der Waals surface area contributed by atoms with Gasteiger partial charge in [0.25, 0.3) is 0 Å². The van der Waals surface area contributed by atoms with Crippen LogP contribution in [0.5, 0.6) is 0 Å². The van der Waals surface area contributed by atoms with E-state index >= 15 is 0 Å². The van der Waals surface area contributed by atoms with E-state index in [1.165, 1.54) is 12.1 Å². The van der Waals surface area contributed by atoms with E-state index in [1.54, 1.807) is 12.1 Å². The van der Waals surface area contributed by atoms with E-state index < -0.39 is 189 Å². The van der Waals surface area contributed by atoms with Crippen molar-refractivity contribution < 1.29 is 30.2 Å². The van der Waals surface area contributed by atoms with Gasteiger partial charge >= 0.3 is 0 Å². The Morgan fingerprint density at radius 3 is 1.56 bits per heavy atom. The Labute approximate surface area is 458 Å². The third kappa shape index (κ3) is 6.42. The first-order valence-electron chi connectivity index (χ1n) is 34.6. The zero-order valence-corrected chi connectivity index (χ0v) is 38.5. The average Bonchev–Trinajstić information content (AvgIpc) is 1.52. The molecule has 0 aromatic heterocycles. The van der Waals surface area contributed by atoms with E-state index in [1.807, 2.05) is 78.9 Å². The zero-order valence-electron chi connectivity index (χ0n) is 60.5. The molecule has 14 rings (SSSR count). The molecule has 12 aromatic rings. The van der Waals surface area contributed by atoms with Crippen molar-refractivity contribution in [3.63, 3.8) is 0 Å². The van der Waals surface area contributed by atoms with Crippen molar-refractivity contribution >= 4 is 27.8 Å². The van der Waals surface area contributed by atoms with Gasteiger partial charge in [0, 0.05) is 16.9 Å². The summed E-state index contributed by atoms with van der Waals surface area (Å²) < 4.78 is 206. The SMILES string of the molecule is [2H]c1c([2H])c([2H])c(N(c2ccc(-c3ccc4ccccc4c3-c3ccc4c(c3)C(c3ccccc3)(c3ccccc3)c3ccccc3-4)cc2)c2c([2H])c([2H])c([2H])c3c2-c2c([2H])c([2H])c([2H])c([2H])c2C3(c2c([2H])c([2H])c([2H])c([2H])c2[2H])c2c([2H])c([2H])c([2H])c([2H])c2[2H])c([2H])c1[2H]. The minimum absolute atomic E-state index is 0.0984. The lowest BCUT2D eigenvalue weighted by Crippen LogP contribution is -2.28. The van der Waals surface area contributed by atoms with Gasteiger partial charge in [-0.25, -0.2) is 0 Å². The minimum atomic E-state index is -3.18. The van der Waals surface area contributed by atoms with Crippen LogP contribution in [0.2, 0.25) is 0 Å². The molecule has 1 nitrogen and oxygen atoms in total. The van der Waals surface area contributed by atoms with Gasteiger partial charge in [-0.05, 0) is 131 Å². The van der Waals surface area contributed by atoms with Crippen molar-refractivity contribution in [1.29, 1.82) is 0 Å². The van der Waals surface area contributed by atoms with Gasteiger partial charge in [0.15, 0.2) is 0 Å². The lowest BCUT2D eigenvalue weighted by molar-refractivity contribution is 0.768. The smallest absolute Gasteiger partial charge is 0.0714 e. The molecule has 0 radical (unpaired) electrons. The Hall–Kier alpha value is -9.30. The molecule has 0 fully saturated rings. The Balaban J connectivity index is 1.09. The molecule has 0 bridgehead atoms. The molecule has 2 aliphatic rings. The standard InChI is InChI=1S/C72H49N/c1-6-24-53(25-7-1)71(54-26-8-2-9-27-54)65-38-21-19-36-63(65)70-66(71)39-22-40-68(70)73(57-32-14-5-15-33-57)58-45-41-51(42-46-58)60-47-43-50-23-16-17-34-59(50)69(60)52-44-48-62-61-35-18-20-37-64(61)72(67(62)49-52,55-28-10-3-11-29-55)56-30-12-4-13-31-56/h1-49H/i1D,2D,5D,6D,7D,8D,9D,14D,15D,19D,21D,22D,24D,25D,26D,27D,32D,33D,36D,38D,39D,40D. The van der Waals surface area contributed by atoms with Crippen LogP contribution < -0.4 is 4.90 Å². The third-order valence-corrected chi connectivity index (χ3v) is 14.3. The summed E-state index contributed by atoms with van der Waals surface area (Å²) in [6, 6.07) is 32.1. The van der Waals surface area contributed by atoms with E-state index in [0.717, 1.165) is 60.2 Å². The lowest BCUT2D eigenvalue weighted by atomic mass is 9.67. The molecule has 0 atom stereocenters. The highest BCUT2D eigenvalue weighted by molar-refractivity contribution is 6.05. The Bertz CT molecular complexity index is 5150. The highest BCUT2D eigenvalue weighted by atomic mass is 15.1. The fourth-order valence-electron chi connectivity index (χ4n) is 11.4. The molecule has 0 heterocycles. The van der Waals surface area contributed by atoms with Crippen molar-refractivity contribution in [3.05, 3.63) is 341 Å². The van der Waals surface area contributed by atoms with Gasteiger partial charge in [0.1, 0.15) is 0 Å². The Morgan fingerprint density at radius 2 is 0.849 bits per heavy atom. The number of hydrogen-bond donors (Lipinski definition) is 0. The van der Waals surface area contributed by atoms with Crippen LogP contribution in [-0.2, 0) is 10.8 Å². The third-order valence-electron chi connectivity index (χ3n) is 14.3. The fraction of sp³-hybridized carbons (Fsp3) is 0.0278. The van der Waals surface area contributed by atoms with Gasteiger partial charge < -0.3 is 4.90 Å². The van der Waals surface area contributed by atoms with E-state index in [2.05, 4.69) is 60.7 Å². The molecule has 0 unspecified atom stereocenters. The topological polar surface area (TPSA) is 3.24 Å². The second-order valence-electron chi connectivity index (χ2n) is 17.8. The molecule has 0 spiro atoms. The molecule has 73 heavy (non-hydrogen) atoms. The largest absolute Gasteiger partial charge is 0.310 e. The van der Waals surface area contributed by atoms with Crippen LogP contribution in [0.1, 0.15) is 74.7 Å². The Kier molecular flexibility index (Phi) is 6.07. The molecule has 12 aromatic carbocycles. The second-order valence-corrected chi connectivity index (χ2v) is 17.8. The zero-order chi connectivity index (χ0) is 67.5. The number of para-hydroxylation sites is 1. The minimum Gasteiger partial charge on any atom is -0.310 e. The molecular formula is C72H49N. The normalized spacial score (nSPS) is 17.6. The first-order valence-corrected chi connectivity index (χ1v) is 23.6. The van der Waals surface area contributed by atoms with Crippen LogP contribution in [0.15, 0.2) is 297 Å². The first-order chi connectivity index (χ1) is 45.4. The summed E-state index contributed by atoms with van der Waals surface area (Å²) in [7, 11) is 0. The van der Waals surface area contributed by atoms with E-state index in [9.17, 15) is 17.8 Å². The molecule has 342 valence electrons. The quantitative estimate of drug-likeness (QED) is 0.139. The molecule has 0 saturated heterocycles. The molecule has 0 saturated carbocycles. The van der Waals surface area contributed by atoms with Crippen molar-refractivity contribution in [2.24, 2.45) is 0 Å². The van der Waals surface area contributed by atoms with Gasteiger partial charge in [-0.15, -0.1) is 0 Å². The van der Waals surface area contributed by atoms with Gasteiger partial charge in [0.05, 0.1) is 46.7 Å². The summed E-state index contributed by atoms with van der Waals surface area (Å²) in [5.74, 6) is 0. The molecular weight excluding hydrogens is 879 g/mol. The van der Waals surface area contributed by atoms with Gasteiger partial charge in [-0.3, -0.25) is 0 Å². The van der Waals surface area contributed by atoms with E-state index in [0.29, 0.717) is 11.1 Å². The Morgan fingerprint density at radius 1 is 0.301 bits per heavy atom. The number of nitrogens with zero attached hydrogens (tertiary/aromatic N) is 1. The first kappa shape index (κ1) is 25.7. The van der Waals surface area contributed by atoms with Crippen LogP contribution in [-0.4, -0.2) is 0 Å². The average molecular weight is 950 g/mol. The number of fused-ring (bicyclic) bond motifs is 7. The van der Waals surface area contributed by atoms with E-state index in [-0.39, 0.29) is 5.69 Å². The summed E-state index contributed by atoms with van der Waals surface area (Å²) >= 11 is 0. The van der Waals surface area contributed by atoms with Gasteiger partial charge in [0.2, 0.25) is 0 Å². The monoisotopic (exact) mass is 950 g/mol. The number of hydrogen-bond acceptors (Lipinski definition) is 1. The van der Waals surface area contributed by atoms with Crippen LogP contribution >= 0.6 is 0 Å². The predicted octanol–water partition coefficient (Wildman–Crippen LogP) is 18.4. The maximum atomic E-state index is 10.1. The van der Waals surface area contributed by atoms with E-state index in [4.69, 9.17) is 12.3 Å². The maximum Gasteiger partial charge on any atom is 0.0714 e. The van der Waals surface area contributed by atoms with Gasteiger partial charge in [-0.2, -0.15) is 0 Å². The van der Waals surface area contributed by atoms with Crippen molar-refractivity contribution in [3.8, 4) is 44.5 Å². The molecule has 0 N–H and O–H groups in total. The summed E-state index contributed by atoms with van der Waals surface area (Å²) in [6.07, 6.45) is 0. The highest BCUT2D eigenvalue weighted by Crippen LogP contribution is 2.60. The fourth-order valence-corrected chi connectivity index (χ4v) is 11.4. The van der Waals surface area contributed by atoms with Gasteiger partial charge in [-0.1, -0.05) is 260 Å². The van der Waals surface area contributed by atoms with Crippen LogP contribution in [0, 0.1) is 0 Å². The molecule has 0 aliphatic heterocycles. The molecule has 1 heteroatoms. The second kappa shape index (κ2) is 17.2. The molecule has 0 amide bonds. The number of rotatable bonds is 9. The summed E-state index contributed by atoms with van der Waals surface area (Å²) in [5.41, 5.74) is -0.892. The number of benzene rings is 12. The van der Waals surface area contributed by atoms with Crippen molar-refractivity contribution in [2.75, 3.05) is 4.90 Å². The van der Waals surface area contributed by atoms with Crippen LogP contribution in [0.4, 0.5) is 17.1 Å². The van der Waals surface area contributed by atoms with Crippen LogP contribution in [0.25, 0.3) is 55.3 Å². The highest BCUT2D eigenvalue weighted by Gasteiger charge is 2.48.